The SMILES string of the molecule is CC1=CCN(c2cc(C(=O)O)c([N+](=O)[O-])cc2F)CC1. The van der Waals surface area contributed by atoms with Gasteiger partial charge >= 0.3 is 5.97 Å². The molecule has 0 aliphatic carbocycles. The van der Waals surface area contributed by atoms with Crippen molar-refractivity contribution in [3.8, 4) is 0 Å². The molecule has 20 heavy (non-hydrogen) atoms. The third-order valence-corrected chi connectivity index (χ3v) is 3.27. The normalized spacial score (nSPS) is 14.9. The fourth-order valence-electron chi connectivity index (χ4n) is 2.11. The van der Waals surface area contributed by atoms with Crippen molar-refractivity contribution in [2.24, 2.45) is 0 Å². The number of rotatable bonds is 3. The molecule has 1 aliphatic rings. The van der Waals surface area contributed by atoms with Crippen LogP contribution >= 0.6 is 0 Å². The van der Waals surface area contributed by atoms with Crippen LogP contribution in [0.15, 0.2) is 23.8 Å². The number of carboxylic acids is 1. The van der Waals surface area contributed by atoms with Crippen LogP contribution in [-0.4, -0.2) is 29.1 Å². The molecular formula is C13H13FN2O4. The molecule has 1 heterocycles. The van der Waals surface area contributed by atoms with Gasteiger partial charge in [-0.25, -0.2) is 9.18 Å². The Hall–Kier alpha value is -2.44. The molecule has 0 radical (unpaired) electrons. The van der Waals surface area contributed by atoms with Crippen molar-refractivity contribution in [2.45, 2.75) is 13.3 Å². The number of nitro benzene ring substituents is 1. The van der Waals surface area contributed by atoms with Crippen LogP contribution in [0, 0.1) is 15.9 Å². The molecule has 0 saturated carbocycles. The summed E-state index contributed by atoms with van der Waals surface area (Å²) in [6.45, 7) is 2.97. The van der Waals surface area contributed by atoms with E-state index in [4.69, 9.17) is 5.11 Å². The molecule has 1 aromatic rings. The standard InChI is InChI=1S/C13H13FN2O4/c1-8-2-4-15(5-3-8)12-6-9(13(17)18)11(16(19)20)7-10(12)14/h2,6-7H,3-5H2,1H3,(H,17,18). The molecule has 6 nitrogen and oxygen atoms in total. The molecule has 0 spiro atoms. The Morgan fingerprint density at radius 1 is 1.50 bits per heavy atom. The van der Waals surface area contributed by atoms with Gasteiger partial charge in [-0.15, -0.1) is 0 Å². The van der Waals surface area contributed by atoms with Gasteiger partial charge in [-0.05, 0) is 19.4 Å². The Balaban J connectivity index is 2.47. The molecule has 0 fully saturated rings. The minimum absolute atomic E-state index is 0.0803. The first-order valence-electron chi connectivity index (χ1n) is 6.02. The fourth-order valence-corrected chi connectivity index (χ4v) is 2.11. The van der Waals surface area contributed by atoms with Gasteiger partial charge in [-0.2, -0.15) is 0 Å². The van der Waals surface area contributed by atoms with E-state index in [1.807, 2.05) is 13.0 Å². The van der Waals surface area contributed by atoms with Crippen LogP contribution in [0.3, 0.4) is 0 Å². The third-order valence-electron chi connectivity index (χ3n) is 3.27. The highest BCUT2D eigenvalue weighted by atomic mass is 19.1. The lowest BCUT2D eigenvalue weighted by atomic mass is 10.1. The minimum atomic E-state index is -1.44. The number of hydrogen-bond donors (Lipinski definition) is 1. The minimum Gasteiger partial charge on any atom is -0.477 e. The summed E-state index contributed by atoms with van der Waals surface area (Å²) in [6, 6.07) is 1.70. The predicted molar refractivity (Wildman–Crippen MR) is 70.6 cm³/mol. The second-order valence-corrected chi connectivity index (χ2v) is 4.63. The summed E-state index contributed by atoms with van der Waals surface area (Å²) in [5, 5.41) is 19.8. The van der Waals surface area contributed by atoms with Crippen molar-refractivity contribution >= 4 is 17.3 Å². The maximum atomic E-state index is 14.0. The first-order valence-corrected chi connectivity index (χ1v) is 6.02. The molecule has 106 valence electrons. The van der Waals surface area contributed by atoms with Crippen LogP contribution in [0.5, 0.6) is 0 Å². The van der Waals surface area contributed by atoms with Gasteiger partial charge in [0.05, 0.1) is 16.7 Å². The highest BCUT2D eigenvalue weighted by Gasteiger charge is 2.25. The molecule has 1 aromatic carbocycles. The van der Waals surface area contributed by atoms with E-state index >= 15 is 0 Å². The Morgan fingerprint density at radius 3 is 2.70 bits per heavy atom. The van der Waals surface area contributed by atoms with Crippen molar-refractivity contribution in [2.75, 3.05) is 18.0 Å². The second kappa shape index (κ2) is 5.28. The highest BCUT2D eigenvalue weighted by molar-refractivity contribution is 5.93. The molecule has 0 amide bonds. The van der Waals surface area contributed by atoms with Crippen molar-refractivity contribution in [3.05, 3.63) is 45.3 Å². The van der Waals surface area contributed by atoms with Gasteiger partial charge in [0.2, 0.25) is 0 Å². The largest absolute Gasteiger partial charge is 0.477 e. The number of carbonyl (C=O) groups is 1. The summed E-state index contributed by atoms with van der Waals surface area (Å²) < 4.78 is 14.0. The molecule has 7 heteroatoms. The zero-order valence-electron chi connectivity index (χ0n) is 10.8. The Bertz CT molecular complexity index is 613. The number of nitro groups is 1. The maximum absolute atomic E-state index is 14.0. The monoisotopic (exact) mass is 280 g/mol. The first kappa shape index (κ1) is 14.0. The summed E-state index contributed by atoms with van der Waals surface area (Å²) in [5.41, 5.74) is 0.0268. The maximum Gasteiger partial charge on any atom is 0.342 e. The summed E-state index contributed by atoms with van der Waals surface area (Å²) in [5.74, 6) is -2.23. The van der Waals surface area contributed by atoms with Crippen LogP contribution < -0.4 is 4.90 Å². The topological polar surface area (TPSA) is 83.7 Å². The van der Waals surface area contributed by atoms with Gasteiger partial charge in [-0.3, -0.25) is 10.1 Å². The quantitative estimate of drug-likeness (QED) is 0.522. The second-order valence-electron chi connectivity index (χ2n) is 4.63. The summed E-state index contributed by atoms with van der Waals surface area (Å²) >= 11 is 0. The molecule has 0 unspecified atom stereocenters. The predicted octanol–water partition coefficient (Wildman–Crippen LogP) is 2.59. The number of anilines is 1. The zero-order valence-corrected chi connectivity index (χ0v) is 10.8. The van der Waals surface area contributed by atoms with E-state index in [0.717, 1.165) is 12.5 Å². The fraction of sp³-hybridized carbons (Fsp3) is 0.308. The van der Waals surface area contributed by atoms with Crippen LogP contribution in [0.4, 0.5) is 15.8 Å². The average Bonchev–Trinajstić information content (AvgIpc) is 2.39. The van der Waals surface area contributed by atoms with Crippen molar-refractivity contribution in [1.29, 1.82) is 0 Å². The zero-order chi connectivity index (χ0) is 14.9. The molecular weight excluding hydrogens is 267 g/mol. The van der Waals surface area contributed by atoms with Gasteiger partial charge in [0, 0.05) is 13.1 Å². The number of benzene rings is 1. The molecule has 0 bridgehead atoms. The van der Waals surface area contributed by atoms with E-state index in [1.54, 1.807) is 4.90 Å². The van der Waals surface area contributed by atoms with Gasteiger partial charge in [-0.1, -0.05) is 11.6 Å². The van der Waals surface area contributed by atoms with Crippen molar-refractivity contribution in [1.82, 2.24) is 0 Å². The van der Waals surface area contributed by atoms with E-state index in [9.17, 15) is 19.3 Å². The van der Waals surface area contributed by atoms with Gasteiger partial charge < -0.3 is 10.0 Å². The molecule has 2 rings (SSSR count). The molecule has 1 N–H and O–H groups in total. The smallest absolute Gasteiger partial charge is 0.342 e. The van der Waals surface area contributed by atoms with Crippen LogP contribution in [0.1, 0.15) is 23.7 Å². The molecule has 0 atom stereocenters. The Morgan fingerprint density at radius 2 is 2.20 bits per heavy atom. The average molecular weight is 280 g/mol. The van der Waals surface area contributed by atoms with Crippen molar-refractivity contribution in [3.63, 3.8) is 0 Å². The molecule has 0 aromatic heterocycles. The lowest BCUT2D eigenvalue weighted by molar-refractivity contribution is -0.385. The summed E-state index contributed by atoms with van der Waals surface area (Å²) in [7, 11) is 0. The lowest BCUT2D eigenvalue weighted by Gasteiger charge is -2.28. The summed E-state index contributed by atoms with van der Waals surface area (Å²) in [4.78, 5) is 22.6. The molecule has 0 saturated heterocycles. The van der Waals surface area contributed by atoms with Gasteiger partial charge in [0.15, 0.2) is 5.82 Å². The van der Waals surface area contributed by atoms with Gasteiger partial charge in [0.25, 0.3) is 5.69 Å². The molecule has 1 aliphatic heterocycles. The van der Waals surface area contributed by atoms with E-state index in [1.165, 1.54) is 5.57 Å². The van der Waals surface area contributed by atoms with Crippen LogP contribution in [0.2, 0.25) is 0 Å². The van der Waals surface area contributed by atoms with E-state index < -0.39 is 28.0 Å². The van der Waals surface area contributed by atoms with E-state index in [2.05, 4.69) is 0 Å². The number of hydrogen-bond acceptors (Lipinski definition) is 4. The van der Waals surface area contributed by atoms with Gasteiger partial charge in [0.1, 0.15) is 5.56 Å². The highest BCUT2D eigenvalue weighted by Crippen LogP contribution is 2.30. The van der Waals surface area contributed by atoms with Crippen LogP contribution in [0.25, 0.3) is 0 Å². The first-order chi connectivity index (χ1) is 9.40. The number of carboxylic acid groups (broad SMARTS) is 1. The van der Waals surface area contributed by atoms with E-state index in [-0.39, 0.29) is 5.69 Å². The Labute approximate surface area is 114 Å². The van der Waals surface area contributed by atoms with E-state index in [0.29, 0.717) is 19.2 Å². The Kier molecular flexibility index (Phi) is 3.69. The van der Waals surface area contributed by atoms with Crippen molar-refractivity contribution < 1.29 is 19.2 Å². The van der Waals surface area contributed by atoms with Crippen LogP contribution in [-0.2, 0) is 0 Å². The number of nitrogens with zero attached hydrogens (tertiary/aromatic N) is 2. The lowest BCUT2D eigenvalue weighted by Crippen LogP contribution is -2.29. The number of aromatic carboxylic acids is 1. The number of halogens is 1. The summed E-state index contributed by atoms with van der Waals surface area (Å²) in [6.07, 6.45) is 2.67. The third kappa shape index (κ3) is 2.61.